The largest absolute Gasteiger partial charge is 0.479 e. The quantitative estimate of drug-likeness (QED) is 0.754. The Balaban J connectivity index is 1.39. The van der Waals surface area contributed by atoms with Crippen molar-refractivity contribution in [1.29, 1.82) is 0 Å². The molecule has 1 fully saturated rings. The first-order valence-electron chi connectivity index (χ1n) is 11.2. The monoisotopic (exact) mass is 432 g/mol. The van der Waals surface area contributed by atoms with Crippen molar-refractivity contribution < 1.29 is 9.53 Å². The van der Waals surface area contributed by atoms with Gasteiger partial charge in [0.2, 0.25) is 17.7 Å². The zero-order valence-corrected chi connectivity index (χ0v) is 18.4. The topological polar surface area (TPSA) is 92.9 Å². The van der Waals surface area contributed by atoms with Crippen molar-refractivity contribution >= 4 is 28.7 Å². The molecule has 3 aliphatic rings. The number of amides is 1. The van der Waals surface area contributed by atoms with E-state index in [9.17, 15) is 4.79 Å². The highest BCUT2D eigenvalue weighted by Gasteiger charge is 2.24. The summed E-state index contributed by atoms with van der Waals surface area (Å²) >= 11 is 0. The maximum Gasteiger partial charge on any atom is 0.244 e. The van der Waals surface area contributed by atoms with Crippen LogP contribution in [0.3, 0.4) is 0 Å². The molecule has 1 unspecified atom stereocenters. The lowest BCUT2D eigenvalue weighted by atomic mass is 9.91. The van der Waals surface area contributed by atoms with Crippen LogP contribution in [0, 0.1) is 5.92 Å². The molecule has 2 bridgehead atoms. The third-order valence-corrected chi connectivity index (χ3v) is 6.32. The molecule has 2 aromatic heterocycles. The average molecular weight is 433 g/mol. The number of anilines is 1. The first-order valence-corrected chi connectivity index (χ1v) is 11.2. The van der Waals surface area contributed by atoms with Gasteiger partial charge in [0.05, 0.1) is 7.11 Å². The van der Waals surface area contributed by atoms with E-state index in [1.165, 1.54) is 0 Å². The predicted octanol–water partition coefficient (Wildman–Crippen LogP) is 3.52. The van der Waals surface area contributed by atoms with Gasteiger partial charge in [-0.05, 0) is 49.8 Å². The molecule has 1 aliphatic heterocycles. The number of ether oxygens (including phenoxy) is 1. The number of fused-ring (bicyclic) bond motifs is 3. The van der Waals surface area contributed by atoms with E-state index in [-0.39, 0.29) is 18.0 Å². The molecule has 5 rings (SSSR count). The van der Waals surface area contributed by atoms with Crippen LogP contribution in [0.1, 0.15) is 44.6 Å². The summed E-state index contributed by atoms with van der Waals surface area (Å²) in [6.07, 6.45) is 17.2. The van der Waals surface area contributed by atoms with Crippen molar-refractivity contribution in [2.75, 3.05) is 12.4 Å². The third-order valence-electron chi connectivity index (χ3n) is 6.32. The Morgan fingerprint density at radius 3 is 2.78 bits per heavy atom. The molecule has 2 N–H and O–H groups in total. The fraction of sp³-hybridized carbons (Fsp3) is 0.417. The number of carbonyl (C=O) groups is 1. The van der Waals surface area contributed by atoms with Gasteiger partial charge in [-0.3, -0.25) is 9.79 Å². The van der Waals surface area contributed by atoms with Gasteiger partial charge in [0.15, 0.2) is 0 Å². The number of allylic oxidation sites excluding steroid dienone is 5. The minimum Gasteiger partial charge on any atom is -0.479 e. The first kappa shape index (κ1) is 20.5. The van der Waals surface area contributed by atoms with E-state index < -0.39 is 0 Å². The molecule has 1 saturated carbocycles. The van der Waals surface area contributed by atoms with Crippen molar-refractivity contribution in [3.8, 4) is 5.88 Å². The molecule has 0 radical (unpaired) electrons. The lowest BCUT2D eigenvalue weighted by Gasteiger charge is -2.29. The van der Waals surface area contributed by atoms with Crippen LogP contribution in [0.15, 0.2) is 47.8 Å². The van der Waals surface area contributed by atoms with E-state index in [0.29, 0.717) is 17.7 Å². The summed E-state index contributed by atoms with van der Waals surface area (Å²) in [5.41, 5.74) is 4.11. The van der Waals surface area contributed by atoms with E-state index in [1.807, 2.05) is 16.9 Å². The Labute approximate surface area is 187 Å². The SMILES string of the molecule is COc1nc(NC2CCC(NC(C)=O)CC2)nn2ccc(C3=CC4C=CN=C(C=C3)C4)c12. The number of nitrogens with zero attached hydrogens (tertiary/aromatic N) is 4. The van der Waals surface area contributed by atoms with Crippen molar-refractivity contribution in [2.45, 2.75) is 51.1 Å². The highest BCUT2D eigenvalue weighted by atomic mass is 16.5. The van der Waals surface area contributed by atoms with Crippen LogP contribution in [0.2, 0.25) is 0 Å². The lowest BCUT2D eigenvalue weighted by molar-refractivity contribution is -0.119. The number of rotatable bonds is 5. The molecule has 2 aliphatic carbocycles. The summed E-state index contributed by atoms with van der Waals surface area (Å²) in [6.45, 7) is 1.57. The molecule has 166 valence electrons. The molecule has 1 amide bonds. The molecule has 1 atom stereocenters. The first-order chi connectivity index (χ1) is 15.6. The van der Waals surface area contributed by atoms with Gasteiger partial charge in [-0.1, -0.05) is 18.2 Å². The number of aliphatic imine (C=N–C) groups is 1. The summed E-state index contributed by atoms with van der Waals surface area (Å²) < 4.78 is 7.52. The lowest BCUT2D eigenvalue weighted by Crippen LogP contribution is -2.39. The van der Waals surface area contributed by atoms with Crippen LogP contribution in [-0.4, -0.2) is 45.4 Å². The van der Waals surface area contributed by atoms with Gasteiger partial charge < -0.3 is 15.4 Å². The molecule has 0 spiro atoms. The fourth-order valence-electron chi connectivity index (χ4n) is 4.77. The van der Waals surface area contributed by atoms with Gasteiger partial charge >= 0.3 is 0 Å². The standard InChI is InChI=1S/C24H28N6O2/c1-15(31)26-18-5-7-19(8-6-18)27-24-28-23(32-2)22-21(10-12-30(22)29-24)17-3-4-20-14-16(13-17)9-11-25-20/h3-4,9-13,16,18-19H,5-8,14H2,1-2H3,(H,26,31)(H,27,29). The van der Waals surface area contributed by atoms with Gasteiger partial charge in [0, 0.05) is 48.6 Å². The second kappa shape index (κ2) is 8.61. The molecule has 8 heteroatoms. The van der Waals surface area contributed by atoms with Gasteiger partial charge in [-0.2, -0.15) is 4.98 Å². The van der Waals surface area contributed by atoms with E-state index in [4.69, 9.17) is 9.84 Å². The van der Waals surface area contributed by atoms with Crippen LogP contribution in [-0.2, 0) is 4.79 Å². The Morgan fingerprint density at radius 2 is 2.00 bits per heavy atom. The minimum absolute atomic E-state index is 0.0365. The molecule has 3 heterocycles. The van der Waals surface area contributed by atoms with Crippen molar-refractivity contribution in [3.63, 3.8) is 0 Å². The Kier molecular flexibility index (Phi) is 5.51. The third kappa shape index (κ3) is 4.17. The van der Waals surface area contributed by atoms with Crippen LogP contribution >= 0.6 is 0 Å². The number of nitrogens with one attached hydrogen (secondary N) is 2. The van der Waals surface area contributed by atoms with E-state index in [1.54, 1.807) is 14.0 Å². The summed E-state index contributed by atoms with van der Waals surface area (Å²) in [4.78, 5) is 20.4. The Hall–Kier alpha value is -3.42. The normalized spacial score (nSPS) is 24.5. The number of hydrogen-bond donors (Lipinski definition) is 2. The van der Waals surface area contributed by atoms with Crippen molar-refractivity contribution in [2.24, 2.45) is 10.9 Å². The van der Waals surface area contributed by atoms with E-state index >= 15 is 0 Å². The maximum atomic E-state index is 11.3. The van der Waals surface area contributed by atoms with Gasteiger partial charge in [-0.15, -0.1) is 5.10 Å². The number of aromatic nitrogens is 3. The molecule has 0 aromatic carbocycles. The molecule has 8 nitrogen and oxygen atoms in total. The smallest absolute Gasteiger partial charge is 0.244 e. The second-order valence-electron chi connectivity index (χ2n) is 8.65. The highest BCUT2D eigenvalue weighted by molar-refractivity contribution is 6.01. The van der Waals surface area contributed by atoms with Crippen molar-refractivity contribution in [3.05, 3.63) is 48.3 Å². The zero-order valence-electron chi connectivity index (χ0n) is 18.4. The minimum atomic E-state index is 0.0365. The van der Waals surface area contributed by atoms with Crippen LogP contribution in [0.25, 0.3) is 11.1 Å². The predicted molar refractivity (Wildman–Crippen MR) is 125 cm³/mol. The molecule has 0 saturated heterocycles. The molecular formula is C24H28N6O2. The van der Waals surface area contributed by atoms with Crippen LogP contribution in [0.5, 0.6) is 5.88 Å². The number of carbonyl (C=O) groups excluding carboxylic acids is 1. The van der Waals surface area contributed by atoms with Crippen LogP contribution in [0.4, 0.5) is 5.95 Å². The van der Waals surface area contributed by atoms with Gasteiger partial charge in [-0.25, -0.2) is 4.52 Å². The summed E-state index contributed by atoms with van der Waals surface area (Å²) in [5.74, 6) is 1.47. The average Bonchev–Trinajstić information content (AvgIpc) is 3.15. The Bertz CT molecular complexity index is 1150. The van der Waals surface area contributed by atoms with Gasteiger partial charge in [0.25, 0.3) is 0 Å². The number of hydrogen-bond acceptors (Lipinski definition) is 6. The number of methoxy groups -OCH3 is 1. The van der Waals surface area contributed by atoms with Crippen LogP contribution < -0.4 is 15.4 Å². The molecule has 32 heavy (non-hydrogen) atoms. The Morgan fingerprint density at radius 1 is 1.19 bits per heavy atom. The zero-order chi connectivity index (χ0) is 22.1. The highest BCUT2D eigenvalue weighted by Crippen LogP contribution is 2.33. The summed E-state index contributed by atoms with van der Waals surface area (Å²) in [6, 6.07) is 2.60. The molecule has 2 aromatic rings. The van der Waals surface area contributed by atoms with Crippen molar-refractivity contribution in [1.82, 2.24) is 19.9 Å². The molecular weight excluding hydrogens is 404 g/mol. The maximum absolute atomic E-state index is 11.3. The summed E-state index contributed by atoms with van der Waals surface area (Å²) in [7, 11) is 1.64. The fourth-order valence-corrected chi connectivity index (χ4v) is 4.77. The van der Waals surface area contributed by atoms with E-state index in [2.05, 4.69) is 51.0 Å². The van der Waals surface area contributed by atoms with Gasteiger partial charge in [0.1, 0.15) is 5.52 Å². The second-order valence-corrected chi connectivity index (χ2v) is 8.65. The van der Waals surface area contributed by atoms with E-state index in [0.717, 1.165) is 54.5 Å². The summed E-state index contributed by atoms with van der Waals surface area (Å²) in [5, 5.41) is 11.2.